The molecule has 1 atom stereocenters. The van der Waals surface area contributed by atoms with Crippen molar-refractivity contribution in [3.63, 3.8) is 0 Å². The lowest BCUT2D eigenvalue weighted by molar-refractivity contribution is 0.575. The Morgan fingerprint density at radius 3 is 2.48 bits per heavy atom. The molecule has 2 aromatic rings. The van der Waals surface area contributed by atoms with Crippen molar-refractivity contribution < 1.29 is 8.42 Å². The third kappa shape index (κ3) is 2.94. The van der Waals surface area contributed by atoms with Crippen LogP contribution in [0.2, 0.25) is 10.0 Å². The van der Waals surface area contributed by atoms with Crippen LogP contribution in [0.4, 0.5) is 0 Å². The predicted molar refractivity (Wildman–Crippen MR) is 86.6 cm³/mol. The Hall–Kier alpha value is -0.720. The number of aryl methyl sites for hydroxylation is 1. The molecule has 1 heterocycles. The molecular formula is C14H11Cl2NO2S2. The maximum absolute atomic E-state index is 12.4. The first-order valence-corrected chi connectivity index (χ1v) is 9.23. The molecule has 21 heavy (non-hydrogen) atoms. The van der Waals surface area contributed by atoms with Gasteiger partial charge in [-0.2, -0.15) is 4.72 Å². The summed E-state index contributed by atoms with van der Waals surface area (Å²) < 4.78 is 27.5. The minimum absolute atomic E-state index is 0.277. The van der Waals surface area contributed by atoms with Crippen LogP contribution in [-0.2, 0) is 10.0 Å². The zero-order chi connectivity index (χ0) is 15.2. The maximum atomic E-state index is 12.4. The van der Waals surface area contributed by atoms with Crippen LogP contribution in [0.1, 0.15) is 16.5 Å². The van der Waals surface area contributed by atoms with E-state index in [1.54, 1.807) is 31.2 Å². The number of fused-ring (bicyclic) bond motifs is 1. The second-order valence-electron chi connectivity index (χ2n) is 4.72. The largest absolute Gasteiger partial charge is 0.242 e. The van der Waals surface area contributed by atoms with E-state index in [4.69, 9.17) is 23.2 Å². The molecule has 0 radical (unpaired) electrons. The average Bonchev–Trinajstić information content (AvgIpc) is 2.41. The highest BCUT2D eigenvalue weighted by Crippen LogP contribution is 2.43. The molecule has 0 saturated carbocycles. The first kappa shape index (κ1) is 15.2. The Morgan fingerprint density at radius 1 is 1.14 bits per heavy atom. The molecule has 1 aliphatic heterocycles. The molecule has 0 saturated heterocycles. The molecule has 0 spiro atoms. The van der Waals surface area contributed by atoms with Crippen LogP contribution < -0.4 is 4.72 Å². The van der Waals surface area contributed by atoms with E-state index in [0.29, 0.717) is 14.9 Å². The molecule has 0 amide bonds. The van der Waals surface area contributed by atoms with Crippen LogP contribution in [0.15, 0.2) is 46.2 Å². The normalized spacial score (nSPS) is 20.0. The third-order valence-electron chi connectivity index (χ3n) is 3.19. The SMILES string of the molecule is Cc1cc2c(cc1Cl)SC(c1ccc(Cl)cc1)NS2(=O)=O. The Bertz CT molecular complexity index is 804. The van der Waals surface area contributed by atoms with Crippen molar-refractivity contribution in [2.24, 2.45) is 0 Å². The zero-order valence-corrected chi connectivity index (χ0v) is 14.1. The van der Waals surface area contributed by atoms with E-state index in [1.807, 2.05) is 12.1 Å². The van der Waals surface area contributed by atoms with E-state index >= 15 is 0 Å². The Morgan fingerprint density at radius 2 is 1.81 bits per heavy atom. The highest BCUT2D eigenvalue weighted by atomic mass is 35.5. The van der Waals surface area contributed by atoms with Gasteiger partial charge in [-0.1, -0.05) is 47.1 Å². The number of rotatable bonds is 1. The summed E-state index contributed by atoms with van der Waals surface area (Å²) in [4.78, 5) is 0.934. The molecule has 0 fully saturated rings. The van der Waals surface area contributed by atoms with E-state index in [1.165, 1.54) is 11.8 Å². The summed E-state index contributed by atoms with van der Waals surface area (Å²) in [7, 11) is -3.55. The molecule has 0 bridgehead atoms. The minimum atomic E-state index is -3.55. The number of hydrogen-bond donors (Lipinski definition) is 1. The molecule has 1 aliphatic rings. The van der Waals surface area contributed by atoms with Crippen molar-refractivity contribution in [1.82, 2.24) is 4.72 Å². The van der Waals surface area contributed by atoms with Gasteiger partial charge < -0.3 is 0 Å². The fourth-order valence-electron chi connectivity index (χ4n) is 2.07. The summed E-state index contributed by atoms with van der Waals surface area (Å²) in [5.74, 6) is 0. The second kappa shape index (κ2) is 5.48. The number of halogens is 2. The molecule has 1 unspecified atom stereocenters. The molecule has 110 valence electrons. The van der Waals surface area contributed by atoms with Gasteiger partial charge in [0.05, 0.1) is 10.3 Å². The van der Waals surface area contributed by atoms with E-state index in [9.17, 15) is 8.42 Å². The van der Waals surface area contributed by atoms with Gasteiger partial charge in [-0.05, 0) is 42.3 Å². The van der Waals surface area contributed by atoms with Gasteiger partial charge in [0.2, 0.25) is 10.0 Å². The number of benzene rings is 2. The lowest BCUT2D eigenvalue weighted by atomic mass is 10.2. The lowest BCUT2D eigenvalue weighted by Crippen LogP contribution is -2.30. The summed E-state index contributed by atoms with van der Waals surface area (Å²) in [6.07, 6.45) is 0. The van der Waals surface area contributed by atoms with Gasteiger partial charge in [0, 0.05) is 14.9 Å². The molecular weight excluding hydrogens is 349 g/mol. The first-order chi connectivity index (χ1) is 9.87. The van der Waals surface area contributed by atoms with Gasteiger partial charge in [0.15, 0.2) is 0 Å². The molecule has 2 aromatic carbocycles. The van der Waals surface area contributed by atoms with Crippen LogP contribution in [0, 0.1) is 6.92 Å². The zero-order valence-electron chi connectivity index (χ0n) is 10.9. The van der Waals surface area contributed by atoms with Crippen LogP contribution in [-0.4, -0.2) is 8.42 Å². The molecule has 3 nitrogen and oxygen atoms in total. The monoisotopic (exact) mass is 359 g/mol. The average molecular weight is 360 g/mol. The molecule has 0 aliphatic carbocycles. The summed E-state index contributed by atoms with van der Waals surface area (Å²) in [6, 6.07) is 10.4. The first-order valence-electron chi connectivity index (χ1n) is 6.11. The topological polar surface area (TPSA) is 46.2 Å². The Balaban J connectivity index is 2.07. The fourth-order valence-corrected chi connectivity index (χ4v) is 5.58. The quantitative estimate of drug-likeness (QED) is 0.821. The maximum Gasteiger partial charge on any atom is 0.242 e. The van der Waals surface area contributed by atoms with Gasteiger partial charge in [0.1, 0.15) is 0 Å². The minimum Gasteiger partial charge on any atom is -0.207 e. The fraction of sp³-hybridized carbons (Fsp3) is 0.143. The van der Waals surface area contributed by atoms with Crippen molar-refractivity contribution in [3.8, 4) is 0 Å². The summed E-state index contributed by atoms with van der Waals surface area (Å²) in [5, 5.41) is 0.785. The van der Waals surface area contributed by atoms with Crippen molar-refractivity contribution in [3.05, 3.63) is 57.6 Å². The van der Waals surface area contributed by atoms with Gasteiger partial charge in [-0.15, -0.1) is 0 Å². The van der Waals surface area contributed by atoms with Crippen LogP contribution >= 0.6 is 35.0 Å². The molecule has 7 heteroatoms. The number of hydrogen-bond acceptors (Lipinski definition) is 3. The van der Waals surface area contributed by atoms with E-state index in [0.717, 1.165) is 11.1 Å². The predicted octanol–water partition coefficient (Wildman–Crippen LogP) is 4.38. The standard InChI is InChI=1S/C14H11Cl2NO2S2/c1-8-6-13-12(7-11(8)16)20-14(17-21(13,18)19)9-2-4-10(15)5-3-9/h2-7,14,17H,1H3. The van der Waals surface area contributed by atoms with Gasteiger partial charge in [-0.25, -0.2) is 8.42 Å². The highest BCUT2D eigenvalue weighted by Gasteiger charge is 2.31. The number of nitrogens with one attached hydrogen (secondary N) is 1. The van der Waals surface area contributed by atoms with Crippen LogP contribution in [0.3, 0.4) is 0 Å². The smallest absolute Gasteiger partial charge is 0.207 e. The lowest BCUT2D eigenvalue weighted by Gasteiger charge is -2.26. The van der Waals surface area contributed by atoms with Gasteiger partial charge in [-0.3, -0.25) is 0 Å². The number of thioether (sulfide) groups is 1. The molecule has 3 rings (SSSR count). The van der Waals surface area contributed by atoms with Crippen LogP contribution in [0.25, 0.3) is 0 Å². The van der Waals surface area contributed by atoms with E-state index in [-0.39, 0.29) is 4.90 Å². The van der Waals surface area contributed by atoms with Gasteiger partial charge >= 0.3 is 0 Å². The van der Waals surface area contributed by atoms with Crippen molar-refractivity contribution in [1.29, 1.82) is 0 Å². The summed E-state index contributed by atoms with van der Waals surface area (Å²) in [6.45, 7) is 1.79. The van der Waals surface area contributed by atoms with E-state index in [2.05, 4.69) is 4.72 Å². The third-order valence-corrected chi connectivity index (χ3v) is 6.81. The highest BCUT2D eigenvalue weighted by molar-refractivity contribution is 8.02. The van der Waals surface area contributed by atoms with E-state index < -0.39 is 15.4 Å². The summed E-state index contributed by atoms with van der Waals surface area (Å²) in [5.41, 5.74) is 1.58. The second-order valence-corrected chi connectivity index (χ2v) is 8.39. The summed E-state index contributed by atoms with van der Waals surface area (Å²) >= 11 is 13.4. The van der Waals surface area contributed by atoms with Crippen molar-refractivity contribution in [2.75, 3.05) is 0 Å². The van der Waals surface area contributed by atoms with Gasteiger partial charge in [0.25, 0.3) is 0 Å². The van der Waals surface area contributed by atoms with Crippen LogP contribution in [0.5, 0.6) is 0 Å². The van der Waals surface area contributed by atoms with Crippen molar-refractivity contribution >= 4 is 45.0 Å². The van der Waals surface area contributed by atoms with Crippen molar-refractivity contribution in [2.45, 2.75) is 22.1 Å². The Kier molecular flexibility index (Phi) is 3.96. The number of sulfonamides is 1. The molecule has 1 N–H and O–H groups in total. The molecule has 0 aromatic heterocycles. The Labute approximate surface area is 137 Å².